The number of rotatable bonds is 4. The van der Waals surface area contributed by atoms with Crippen molar-refractivity contribution in [2.24, 2.45) is 5.73 Å². The molecule has 2 heteroatoms. The molecule has 2 atom stereocenters. The van der Waals surface area contributed by atoms with Crippen LogP contribution in [0.5, 0.6) is 5.75 Å². The molecule has 0 heterocycles. The van der Waals surface area contributed by atoms with Crippen LogP contribution in [0.15, 0.2) is 48.5 Å². The molecule has 2 unspecified atom stereocenters. The van der Waals surface area contributed by atoms with Gasteiger partial charge in [-0.1, -0.05) is 43.3 Å². The Morgan fingerprint density at radius 1 is 1.19 bits per heavy atom. The van der Waals surface area contributed by atoms with Gasteiger partial charge in [-0.05, 0) is 54.5 Å². The van der Waals surface area contributed by atoms with Gasteiger partial charge in [0.15, 0.2) is 0 Å². The summed E-state index contributed by atoms with van der Waals surface area (Å²) in [5.74, 6) is 0.929. The molecule has 2 aromatic carbocycles. The Labute approximate surface area is 126 Å². The SMILES string of the molecule is CCC(N)c1cccc(OC2CCCc3ccccc32)c1. The molecule has 2 nitrogen and oxygen atoms in total. The summed E-state index contributed by atoms with van der Waals surface area (Å²) in [6, 6.07) is 17.0. The summed E-state index contributed by atoms with van der Waals surface area (Å²) in [5, 5.41) is 0. The summed E-state index contributed by atoms with van der Waals surface area (Å²) in [4.78, 5) is 0. The second-order valence-electron chi connectivity index (χ2n) is 5.78. The van der Waals surface area contributed by atoms with Crippen molar-refractivity contribution in [2.75, 3.05) is 0 Å². The molecule has 0 bridgehead atoms. The predicted molar refractivity (Wildman–Crippen MR) is 86.4 cm³/mol. The third kappa shape index (κ3) is 3.11. The Balaban J connectivity index is 1.82. The number of hydrogen-bond donors (Lipinski definition) is 1. The monoisotopic (exact) mass is 281 g/mol. The van der Waals surface area contributed by atoms with E-state index in [4.69, 9.17) is 10.5 Å². The minimum atomic E-state index is 0.0900. The molecule has 2 aromatic rings. The fourth-order valence-electron chi connectivity index (χ4n) is 3.05. The maximum atomic E-state index is 6.26. The van der Waals surface area contributed by atoms with Crippen LogP contribution in [0.4, 0.5) is 0 Å². The predicted octanol–water partition coefficient (Wildman–Crippen LogP) is 4.55. The van der Waals surface area contributed by atoms with Crippen LogP contribution in [0.25, 0.3) is 0 Å². The van der Waals surface area contributed by atoms with E-state index in [0.29, 0.717) is 0 Å². The molecule has 0 spiro atoms. The molecule has 1 aliphatic rings. The zero-order valence-electron chi connectivity index (χ0n) is 12.6. The Hall–Kier alpha value is -1.80. The summed E-state index contributed by atoms with van der Waals surface area (Å²) >= 11 is 0. The lowest BCUT2D eigenvalue weighted by Crippen LogP contribution is -2.15. The molecule has 2 N–H and O–H groups in total. The van der Waals surface area contributed by atoms with E-state index in [0.717, 1.165) is 30.6 Å². The molecule has 0 aliphatic heterocycles. The summed E-state index contributed by atoms with van der Waals surface area (Å²) in [5.41, 5.74) is 10.0. The highest BCUT2D eigenvalue weighted by Gasteiger charge is 2.21. The van der Waals surface area contributed by atoms with Crippen molar-refractivity contribution in [3.05, 3.63) is 65.2 Å². The van der Waals surface area contributed by atoms with Gasteiger partial charge in [0.25, 0.3) is 0 Å². The second-order valence-corrected chi connectivity index (χ2v) is 5.78. The van der Waals surface area contributed by atoms with Crippen LogP contribution in [0.3, 0.4) is 0 Å². The number of aryl methyl sites for hydroxylation is 1. The second kappa shape index (κ2) is 6.31. The Morgan fingerprint density at radius 2 is 2.05 bits per heavy atom. The minimum absolute atomic E-state index is 0.0900. The van der Waals surface area contributed by atoms with E-state index in [-0.39, 0.29) is 12.1 Å². The molecule has 0 saturated heterocycles. The number of ether oxygens (including phenoxy) is 1. The van der Waals surface area contributed by atoms with Crippen molar-refractivity contribution in [3.63, 3.8) is 0 Å². The molecule has 0 aromatic heterocycles. The van der Waals surface area contributed by atoms with Crippen LogP contribution < -0.4 is 10.5 Å². The first kappa shape index (κ1) is 14.2. The molecular weight excluding hydrogens is 258 g/mol. The average molecular weight is 281 g/mol. The lowest BCUT2D eigenvalue weighted by molar-refractivity contribution is 0.183. The van der Waals surface area contributed by atoms with Gasteiger partial charge in [-0.3, -0.25) is 0 Å². The maximum Gasteiger partial charge on any atom is 0.124 e. The highest BCUT2D eigenvalue weighted by atomic mass is 16.5. The Bertz CT molecular complexity index is 608. The highest BCUT2D eigenvalue weighted by Crippen LogP contribution is 2.34. The normalized spacial score (nSPS) is 18.9. The fraction of sp³-hybridized carbons (Fsp3) is 0.368. The molecule has 3 rings (SSSR count). The standard InChI is InChI=1S/C19H23NO/c1-2-18(20)15-9-5-10-16(13-15)21-19-12-6-8-14-7-3-4-11-17(14)19/h3-5,7,9-11,13,18-19H,2,6,8,12,20H2,1H3. The Kier molecular flexibility index (Phi) is 4.26. The first-order valence-electron chi connectivity index (χ1n) is 7.88. The van der Waals surface area contributed by atoms with Crippen molar-refractivity contribution in [3.8, 4) is 5.75 Å². The molecular formula is C19H23NO. The third-order valence-electron chi connectivity index (χ3n) is 4.32. The number of nitrogens with two attached hydrogens (primary N) is 1. The zero-order valence-corrected chi connectivity index (χ0v) is 12.6. The van der Waals surface area contributed by atoms with Crippen molar-refractivity contribution in [1.82, 2.24) is 0 Å². The van der Waals surface area contributed by atoms with Gasteiger partial charge >= 0.3 is 0 Å². The van der Waals surface area contributed by atoms with Gasteiger partial charge in [0.2, 0.25) is 0 Å². The van der Waals surface area contributed by atoms with Crippen LogP contribution in [0, 0.1) is 0 Å². The third-order valence-corrected chi connectivity index (χ3v) is 4.32. The van der Waals surface area contributed by atoms with Gasteiger partial charge in [0.05, 0.1) is 0 Å². The van der Waals surface area contributed by atoms with E-state index < -0.39 is 0 Å². The molecule has 0 saturated carbocycles. The zero-order chi connectivity index (χ0) is 14.7. The maximum absolute atomic E-state index is 6.26. The minimum Gasteiger partial charge on any atom is -0.486 e. The van der Waals surface area contributed by atoms with E-state index in [9.17, 15) is 0 Å². The van der Waals surface area contributed by atoms with Gasteiger partial charge in [-0.25, -0.2) is 0 Å². The average Bonchev–Trinajstić information content (AvgIpc) is 2.55. The highest BCUT2D eigenvalue weighted by molar-refractivity contribution is 5.34. The summed E-state index contributed by atoms with van der Waals surface area (Å²) in [6.45, 7) is 2.11. The van der Waals surface area contributed by atoms with Crippen LogP contribution >= 0.6 is 0 Å². The molecule has 1 aliphatic carbocycles. The number of fused-ring (bicyclic) bond motifs is 1. The van der Waals surface area contributed by atoms with Crippen molar-refractivity contribution < 1.29 is 4.74 Å². The summed E-state index contributed by atoms with van der Waals surface area (Å²) in [7, 11) is 0. The van der Waals surface area contributed by atoms with Crippen LogP contribution in [0.1, 0.15) is 55.0 Å². The van der Waals surface area contributed by atoms with Crippen LogP contribution in [-0.4, -0.2) is 0 Å². The lowest BCUT2D eigenvalue weighted by Gasteiger charge is -2.26. The van der Waals surface area contributed by atoms with Crippen LogP contribution in [-0.2, 0) is 6.42 Å². The van der Waals surface area contributed by atoms with Gasteiger partial charge in [0.1, 0.15) is 11.9 Å². The van der Waals surface area contributed by atoms with E-state index in [1.165, 1.54) is 17.5 Å². The van der Waals surface area contributed by atoms with E-state index in [2.05, 4.69) is 43.3 Å². The summed E-state index contributed by atoms with van der Waals surface area (Å²) in [6.07, 6.45) is 4.55. The Morgan fingerprint density at radius 3 is 2.90 bits per heavy atom. The van der Waals surface area contributed by atoms with E-state index >= 15 is 0 Å². The van der Waals surface area contributed by atoms with Gasteiger partial charge < -0.3 is 10.5 Å². The van der Waals surface area contributed by atoms with Gasteiger partial charge in [-0.15, -0.1) is 0 Å². The topological polar surface area (TPSA) is 35.2 Å². The molecule has 110 valence electrons. The van der Waals surface area contributed by atoms with Crippen LogP contribution in [0.2, 0.25) is 0 Å². The smallest absolute Gasteiger partial charge is 0.124 e. The molecule has 21 heavy (non-hydrogen) atoms. The fourth-order valence-corrected chi connectivity index (χ4v) is 3.05. The van der Waals surface area contributed by atoms with E-state index in [1.807, 2.05) is 12.1 Å². The first-order valence-corrected chi connectivity index (χ1v) is 7.88. The van der Waals surface area contributed by atoms with Crippen molar-refractivity contribution in [2.45, 2.75) is 44.8 Å². The quantitative estimate of drug-likeness (QED) is 0.892. The number of benzene rings is 2. The van der Waals surface area contributed by atoms with Gasteiger partial charge in [0, 0.05) is 6.04 Å². The van der Waals surface area contributed by atoms with Crippen molar-refractivity contribution >= 4 is 0 Å². The van der Waals surface area contributed by atoms with Crippen molar-refractivity contribution in [1.29, 1.82) is 0 Å². The molecule has 0 fully saturated rings. The molecule has 0 radical (unpaired) electrons. The number of hydrogen-bond acceptors (Lipinski definition) is 2. The van der Waals surface area contributed by atoms with E-state index in [1.54, 1.807) is 0 Å². The summed E-state index contributed by atoms with van der Waals surface area (Å²) < 4.78 is 6.26. The lowest BCUT2D eigenvalue weighted by atomic mass is 9.89. The molecule has 0 amide bonds. The first-order chi connectivity index (χ1) is 10.3. The van der Waals surface area contributed by atoms with Gasteiger partial charge in [-0.2, -0.15) is 0 Å². The largest absolute Gasteiger partial charge is 0.486 e.